The number of carbonyl (C=O) groups is 1. The van der Waals surface area contributed by atoms with Crippen molar-refractivity contribution in [2.45, 2.75) is 50.0 Å². The molecule has 8 heteroatoms. The molecule has 106 valence electrons. The minimum Gasteiger partial charge on any atom is -0.481 e. The Morgan fingerprint density at radius 3 is 2.47 bits per heavy atom. The molecule has 1 aliphatic rings. The first-order valence-electron chi connectivity index (χ1n) is 6.03. The molecule has 0 bridgehead atoms. The van der Waals surface area contributed by atoms with E-state index >= 15 is 0 Å². The van der Waals surface area contributed by atoms with E-state index in [0.717, 1.165) is 6.42 Å². The summed E-state index contributed by atoms with van der Waals surface area (Å²) in [6.07, 6.45) is 1.74. The second-order valence-electron chi connectivity index (χ2n) is 5.07. The third kappa shape index (κ3) is 2.64. The molecule has 1 fully saturated rings. The number of aliphatic carboxylic acids is 1. The van der Waals surface area contributed by atoms with Crippen LogP contribution in [0.2, 0.25) is 0 Å². The molecule has 1 saturated carbocycles. The molecule has 0 saturated heterocycles. The van der Waals surface area contributed by atoms with Gasteiger partial charge in [0.1, 0.15) is 4.90 Å². The fourth-order valence-corrected chi connectivity index (χ4v) is 4.31. The largest absolute Gasteiger partial charge is 0.481 e. The molecule has 7 nitrogen and oxygen atoms in total. The van der Waals surface area contributed by atoms with E-state index in [4.69, 9.17) is 5.11 Å². The number of rotatable bonds is 5. The molecule has 3 N–H and O–H groups in total. The Morgan fingerprint density at radius 1 is 1.47 bits per heavy atom. The fraction of sp³-hybridized carbons (Fsp3) is 0.636. The summed E-state index contributed by atoms with van der Waals surface area (Å²) in [7, 11) is -3.75. The van der Waals surface area contributed by atoms with Crippen molar-refractivity contribution in [3.63, 3.8) is 0 Å². The van der Waals surface area contributed by atoms with Gasteiger partial charge in [-0.3, -0.25) is 9.89 Å². The van der Waals surface area contributed by atoms with Crippen LogP contribution in [0.25, 0.3) is 0 Å². The number of hydrogen-bond donors (Lipinski definition) is 3. The van der Waals surface area contributed by atoms with Crippen LogP contribution in [-0.2, 0) is 14.8 Å². The molecular weight excluding hydrogens is 270 g/mol. The lowest BCUT2D eigenvalue weighted by molar-refractivity contribution is -0.139. The van der Waals surface area contributed by atoms with Crippen LogP contribution >= 0.6 is 0 Å². The van der Waals surface area contributed by atoms with Gasteiger partial charge in [0.25, 0.3) is 0 Å². The summed E-state index contributed by atoms with van der Waals surface area (Å²) in [5, 5.41) is 15.4. The summed E-state index contributed by atoms with van der Waals surface area (Å²) < 4.78 is 27.3. The summed E-state index contributed by atoms with van der Waals surface area (Å²) in [4.78, 5) is 11.0. The summed E-state index contributed by atoms with van der Waals surface area (Å²) in [6, 6.07) is 0. The van der Waals surface area contributed by atoms with Gasteiger partial charge in [0, 0.05) is 5.54 Å². The molecule has 0 atom stereocenters. The van der Waals surface area contributed by atoms with E-state index in [1.165, 1.54) is 0 Å². The topological polar surface area (TPSA) is 112 Å². The van der Waals surface area contributed by atoms with Gasteiger partial charge in [-0.05, 0) is 33.1 Å². The minimum atomic E-state index is -3.75. The van der Waals surface area contributed by atoms with Gasteiger partial charge in [0.05, 0.1) is 17.8 Å². The summed E-state index contributed by atoms with van der Waals surface area (Å²) in [5.41, 5.74) is -0.00882. The number of sulfonamides is 1. The molecule has 0 radical (unpaired) electrons. The molecule has 19 heavy (non-hydrogen) atoms. The molecule has 0 aromatic carbocycles. The van der Waals surface area contributed by atoms with Gasteiger partial charge in [0.15, 0.2) is 0 Å². The number of nitrogens with one attached hydrogen (secondary N) is 2. The lowest BCUT2D eigenvalue weighted by atomic mass is 9.75. The smallest absolute Gasteiger partial charge is 0.305 e. The number of aryl methyl sites for hydroxylation is 2. The van der Waals surface area contributed by atoms with Gasteiger partial charge in [0.2, 0.25) is 10.0 Å². The normalized spacial score (nSPS) is 18.0. The standard InChI is InChI=1S/C11H17N3O4S/c1-7-10(8(2)13-12-7)19(17,18)14-11(4-3-5-11)6-9(15)16/h14H,3-6H2,1-2H3,(H,12,13)(H,15,16). The van der Waals surface area contributed by atoms with Crippen LogP contribution in [0.3, 0.4) is 0 Å². The number of aromatic nitrogens is 2. The Hall–Kier alpha value is -1.41. The minimum absolute atomic E-state index is 0.115. The van der Waals surface area contributed by atoms with E-state index < -0.39 is 21.5 Å². The number of carboxylic acid groups (broad SMARTS) is 1. The van der Waals surface area contributed by atoms with E-state index in [1.54, 1.807) is 13.8 Å². The zero-order valence-electron chi connectivity index (χ0n) is 10.9. The highest BCUT2D eigenvalue weighted by atomic mass is 32.2. The van der Waals surface area contributed by atoms with Crippen molar-refractivity contribution < 1.29 is 18.3 Å². The Bertz CT molecular complexity index is 582. The predicted molar refractivity (Wildman–Crippen MR) is 67.2 cm³/mol. The molecule has 1 aromatic rings. The lowest BCUT2D eigenvalue weighted by Crippen LogP contribution is -2.54. The van der Waals surface area contributed by atoms with Crippen LogP contribution in [0, 0.1) is 13.8 Å². The first kappa shape index (κ1) is 14.0. The van der Waals surface area contributed by atoms with Gasteiger partial charge in [-0.2, -0.15) is 5.10 Å². The van der Waals surface area contributed by atoms with Crippen molar-refractivity contribution in [1.82, 2.24) is 14.9 Å². The Morgan fingerprint density at radius 2 is 2.11 bits per heavy atom. The summed E-state index contributed by atoms with van der Waals surface area (Å²) in [5.74, 6) is -0.997. The van der Waals surface area contributed by atoms with E-state index in [-0.39, 0.29) is 11.3 Å². The molecular formula is C11H17N3O4S. The van der Waals surface area contributed by atoms with Gasteiger partial charge in [-0.15, -0.1) is 0 Å². The first-order valence-corrected chi connectivity index (χ1v) is 7.51. The van der Waals surface area contributed by atoms with Crippen molar-refractivity contribution in [3.05, 3.63) is 11.4 Å². The molecule has 0 unspecified atom stereocenters. The highest BCUT2D eigenvalue weighted by molar-refractivity contribution is 7.89. The van der Waals surface area contributed by atoms with E-state index in [0.29, 0.717) is 24.2 Å². The molecule has 0 amide bonds. The molecule has 1 heterocycles. The van der Waals surface area contributed by atoms with Crippen LogP contribution in [0.5, 0.6) is 0 Å². The van der Waals surface area contributed by atoms with Crippen molar-refractivity contribution in [1.29, 1.82) is 0 Å². The van der Waals surface area contributed by atoms with Crippen LogP contribution in [-0.4, -0.2) is 35.2 Å². The molecule has 2 rings (SSSR count). The third-order valence-electron chi connectivity index (χ3n) is 3.48. The van der Waals surface area contributed by atoms with Crippen molar-refractivity contribution in [3.8, 4) is 0 Å². The maximum Gasteiger partial charge on any atom is 0.305 e. The number of hydrogen-bond acceptors (Lipinski definition) is 4. The molecule has 1 aromatic heterocycles. The zero-order valence-corrected chi connectivity index (χ0v) is 11.7. The molecule has 0 spiro atoms. The third-order valence-corrected chi connectivity index (χ3v) is 5.32. The summed E-state index contributed by atoms with van der Waals surface area (Å²) >= 11 is 0. The Balaban J connectivity index is 2.29. The number of H-pyrrole nitrogens is 1. The van der Waals surface area contributed by atoms with Crippen molar-refractivity contribution >= 4 is 16.0 Å². The number of carboxylic acids is 1. The maximum atomic E-state index is 12.4. The highest BCUT2D eigenvalue weighted by Gasteiger charge is 2.43. The predicted octanol–water partition coefficient (Wildman–Crippen LogP) is 0.702. The van der Waals surface area contributed by atoms with Gasteiger partial charge >= 0.3 is 5.97 Å². The average Bonchev–Trinajstić information content (AvgIpc) is 2.54. The fourth-order valence-electron chi connectivity index (χ4n) is 2.48. The van der Waals surface area contributed by atoms with Crippen LogP contribution < -0.4 is 4.72 Å². The number of aromatic amines is 1. The van der Waals surface area contributed by atoms with Gasteiger partial charge in [-0.1, -0.05) is 0 Å². The SMILES string of the molecule is Cc1n[nH]c(C)c1S(=O)(=O)NC1(CC(=O)O)CCC1. The van der Waals surface area contributed by atoms with Crippen molar-refractivity contribution in [2.75, 3.05) is 0 Å². The molecule has 1 aliphatic carbocycles. The van der Waals surface area contributed by atoms with Gasteiger partial charge < -0.3 is 5.11 Å². The van der Waals surface area contributed by atoms with Gasteiger partial charge in [-0.25, -0.2) is 13.1 Å². The summed E-state index contributed by atoms with van der Waals surface area (Å²) in [6.45, 7) is 3.22. The first-order chi connectivity index (χ1) is 8.76. The van der Waals surface area contributed by atoms with Crippen LogP contribution in [0.4, 0.5) is 0 Å². The van der Waals surface area contributed by atoms with E-state index in [2.05, 4.69) is 14.9 Å². The van der Waals surface area contributed by atoms with Crippen LogP contribution in [0.15, 0.2) is 4.90 Å². The van der Waals surface area contributed by atoms with Crippen molar-refractivity contribution in [2.24, 2.45) is 0 Å². The molecule has 0 aliphatic heterocycles. The second-order valence-corrected chi connectivity index (χ2v) is 6.69. The number of nitrogens with zero attached hydrogens (tertiary/aromatic N) is 1. The van der Waals surface area contributed by atoms with Crippen LogP contribution in [0.1, 0.15) is 37.1 Å². The second kappa shape index (κ2) is 4.61. The Labute approximate surface area is 111 Å². The highest BCUT2D eigenvalue weighted by Crippen LogP contribution is 2.36. The zero-order chi connectivity index (χ0) is 14.3. The lowest BCUT2D eigenvalue weighted by Gasteiger charge is -2.40. The quantitative estimate of drug-likeness (QED) is 0.738. The van der Waals surface area contributed by atoms with E-state index in [1.807, 2.05) is 0 Å². The van der Waals surface area contributed by atoms with E-state index in [9.17, 15) is 13.2 Å². The Kier molecular flexibility index (Phi) is 3.40. The average molecular weight is 287 g/mol. The maximum absolute atomic E-state index is 12.4. The monoisotopic (exact) mass is 287 g/mol.